The molecule has 0 fully saturated rings. The fraction of sp³-hybridized carbons (Fsp3) is 0.154. The van der Waals surface area contributed by atoms with E-state index < -0.39 is 16.1 Å². The van der Waals surface area contributed by atoms with Gasteiger partial charge in [0.2, 0.25) is 0 Å². The number of hydrogen-bond acceptors (Lipinski definition) is 5. The Morgan fingerprint density at radius 1 is 0.971 bits per heavy atom. The van der Waals surface area contributed by atoms with Crippen molar-refractivity contribution in [3.8, 4) is 28.1 Å². The number of benzene rings is 3. The number of sulfonamides is 1. The van der Waals surface area contributed by atoms with Crippen molar-refractivity contribution in [1.29, 1.82) is 0 Å². The number of hydrogen-bond donors (Lipinski definition) is 1. The molecule has 4 rings (SSSR count). The van der Waals surface area contributed by atoms with Crippen LogP contribution in [-0.2, 0) is 14.8 Å². The van der Waals surface area contributed by atoms with E-state index in [0.717, 1.165) is 28.3 Å². The molecule has 0 aliphatic carbocycles. The molecule has 7 nitrogen and oxygen atoms in total. The van der Waals surface area contributed by atoms with Crippen molar-refractivity contribution >= 4 is 16.1 Å². The number of imidazole rings is 1. The zero-order chi connectivity index (χ0) is 24.3. The number of aryl methyl sites for hydroxylation is 2. The highest BCUT2D eigenvalue weighted by Gasteiger charge is 2.23. The van der Waals surface area contributed by atoms with Crippen molar-refractivity contribution in [2.24, 2.45) is 0 Å². The van der Waals surface area contributed by atoms with Crippen molar-refractivity contribution in [3.05, 3.63) is 90.4 Å². The second kappa shape index (κ2) is 9.52. The molecule has 34 heavy (non-hydrogen) atoms. The van der Waals surface area contributed by atoms with Crippen LogP contribution in [-0.4, -0.2) is 30.7 Å². The van der Waals surface area contributed by atoms with E-state index in [0.29, 0.717) is 11.1 Å². The van der Waals surface area contributed by atoms with Crippen LogP contribution in [0.25, 0.3) is 28.1 Å². The van der Waals surface area contributed by atoms with Crippen LogP contribution in [0.15, 0.2) is 83.9 Å². The molecule has 0 unspecified atom stereocenters. The van der Waals surface area contributed by atoms with Gasteiger partial charge in [-0.2, -0.15) is 0 Å². The van der Waals surface area contributed by atoms with Gasteiger partial charge in [-0.1, -0.05) is 60.2 Å². The predicted octanol–water partition coefficient (Wildman–Crippen LogP) is 5.26. The maximum Gasteiger partial charge on any atom is 0.421 e. The van der Waals surface area contributed by atoms with Gasteiger partial charge < -0.3 is 9.30 Å². The lowest BCUT2D eigenvalue weighted by atomic mass is 10.0. The lowest BCUT2D eigenvalue weighted by Gasteiger charge is -2.13. The quantitative estimate of drug-likeness (QED) is 0.411. The smallest absolute Gasteiger partial charge is 0.421 e. The average molecular weight is 476 g/mol. The fourth-order valence-corrected chi connectivity index (χ4v) is 4.81. The van der Waals surface area contributed by atoms with Crippen molar-refractivity contribution in [1.82, 2.24) is 14.3 Å². The molecule has 0 atom stereocenters. The molecule has 0 aliphatic rings. The molecule has 0 saturated heterocycles. The van der Waals surface area contributed by atoms with Crippen LogP contribution in [0.5, 0.6) is 0 Å². The zero-order valence-corrected chi connectivity index (χ0v) is 20.0. The van der Waals surface area contributed by atoms with E-state index in [9.17, 15) is 13.2 Å². The van der Waals surface area contributed by atoms with Crippen molar-refractivity contribution in [2.75, 3.05) is 6.61 Å². The molecule has 1 aromatic heterocycles. The minimum atomic E-state index is -4.11. The summed E-state index contributed by atoms with van der Waals surface area (Å²) in [6.45, 7) is 5.50. The Morgan fingerprint density at radius 2 is 1.68 bits per heavy atom. The van der Waals surface area contributed by atoms with E-state index >= 15 is 0 Å². The molecular weight excluding hydrogens is 450 g/mol. The Labute approximate surface area is 199 Å². The summed E-state index contributed by atoms with van der Waals surface area (Å²) in [5, 5.41) is 0. The van der Waals surface area contributed by atoms with Crippen LogP contribution in [0, 0.1) is 13.8 Å². The third-order valence-corrected chi connectivity index (χ3v) is 6.70. The van der Waals surface area contributed by atoms with Gasteiger partial charge in [0.25, 0.3) is 10.0 Å². The van der Waals surface area contributed by atoms with Gasteiger partial charge >= 0.3 is 6.09 Å². The number of nitrogens with one attached hydrogen (secondary N) is 1. The van der Waals surface area contributed by atoms with Crippen LogP contribution < -0.4 is 4.72 Å². The number of aromatic nitrogens is 2. The number of nitrogens with zero attached hydrogens (tertiary/aromatic N) is 2. The first kappa shape index (κ1) is 23.3. The van der Waals surface area contributed by atoms with Crippen molar-refractivity contribution in [3.63, 3.8) is 0 Å². The standard InChI is InChI=1S/C26H25N3O4S/c1-4-33-26(30)28-34(31,32)25-15-10-18(2)16-23(25)20-11-13-22(14-12-20)29-17-24(27-19(29)3)21-8-6-5-7-9-21/h5-17H,4H2,1-3H3,(H,28,30). The van der Waals surface area contributed by atoms with E-state index in [1.807, 2.05) is 83.9 Å². The van der Waals surface area contributed by atoms with E-state index in [1.54, 1.807) is 19.1 Å². The first-order chi connectivity index (χ1) is 16.3. The van der Waals surface area contributed by atoms with Crippen LogP contribution in [0.4, 0.5) is 4.79 Å². The third kappa shape index (κ3) is 4.87. The molecule has 4 aromatic rings. The molecule has 1 amide bonds. The predicted molar refractivity (Wildman–Crippen MR) is 131 cm³/mol. The molecule has 174 valence electrons. The minimum absolute atomic E-state index is 0.00378. The minimum Gasteiger partial charge on any atom is -0.449 e. The highest BCUT2D eigenvalue weighted by atomic mass is 32.2. The van der Waals surface area contributed by atoms with Gasteiger partial charge in [0.05, 0.1) is 17.2 Å². The number of carbonyl (C=O) groups is 1. The van der Waals surface area contributed by atoms with Gasteiger partial charge in [-0.3, -0.25) is 0 Å². The summed E-state index contributed by atoms with van der Waals surface area (Å²) in [6.07, 6.45) is 0.972. The van der Waals surface area contributed by atoms with Gasteiger partial charge in [-0.15, -0.1) is 0 Å². The monoisotopic (exact) mass is 475 g/mol. The lowest BCUT2D eigenvalue weighted by molar-refractivity contribution is 0.158. The zero-order valence-electron chi connectivity index (χ0n) is 19.1. The number of amides is 1. The summed E-state index contributed by atoms with van der Waals surface area (Å²) in [5.41, 5.74) is 4.90. The van der Waals surface area contributed by atoms with Crippen LogP contribution >= 0.6 is 0 Å². The second-order valence-electron chi connectivity index (χ2n) is 7.78. The SMILES string of the molecule is CCOC(=O)NS(=O)(=O)c1ccc(C)cc1-c1ccc(-n2cc(-c3ccccc3)nc2C)cc1. The maximum atomic E-state index is 12.9. The summed E-state index contributed by atoms with van der Waals surface area (Å²) < 4.78 is 34.4. The fourth-order valence-electron chi connectivity index (χ4n) is 3.71. The molecule has 1 N–H and O–H groups in total. The molecule has 0 bridgehead atoms. The van der Waals surface area contributed by atoms with E-state index in [-0.39, 0.29) is 11.5 Å². The number of rotatable bonds is 6. The highest BCUT2D eigenvalue weighted by molar-refractivity contribution is 7.90. The van der Waals surface area contributed by atoms with E-state index in [2.05, 4.69) is 4.98 Å². The number of carbonyl (C=O) groups excluding carboxylic acids is 1. The Morgan fingerprint density at radius 3 is 2.35 bits per heavy atom. The summed E-state index contributed by atoms with van der Waals surface area (Å²) in [6, 6.07) is 22.4. The van der Waals surface area contributed by atoms with Gasteiger partial charge in [0.15, 0.2) is 0 Å². The van der Waals surface area contributed by atoms with Gasteiger partial charge in [0.1, 0.15) is 5.82 Å². The van der Waals surface area contributed by atoms with Crippen LogP contribution in [0.1, 0.15) is 18.3 Å². The molecule has 3 aromatic carbocycles. The highest BCUT2D eigenvalue weighted by Crippen LogP contribution is 2.30. The normalized spacial score (nSPS) is 11.3. The van der Waals surface area contributed by atoms with Crippen molar-refractivity contribution < 1.29 is 17.9 Å². The van der Waals surface area contributed by atoms with E-state index in [1.165, 1.54) is 6.07 Å². The first-order valence-electron chi connectivity index (χ1n) is 10.8. The summed E-state index contributed by atoms with van der Waals surface area (Å²) in [7, 11) is -4.11. The largest absolute Gasteiger partial charge is 0.449 e. The molecule has 1 heterocycles. The summed E-state index contributed by atoms with van der Waals surface area (Å²) in [4.78, 5) is 16.4. The lowest BCUT2D eigenvalue weighted by Crippen LogP contribution is -2.31. The Kier molecular flexibility index (Phi) is 6.51. The molecule has 0 radical (unpaired) electrons. The average Bonchev–Trinajstić information content (AvgIpc) is 3.21. The first-order valence-corrected chi connectivity index (χ1v) is 12.3. The van der Waals surface area contributed by atoms with Gasteiger partial charge in [-0.25, -0.2) is 22.9 Å². The van der Waals surface area contributed by atoms with Crippen molar-refractivity contribution in [2.45, 2.75) is 25.7 Å². The van der Waals surface area contributed by atoms with E-state index in [4.69, 9.17) is 4.74 Å². The summed E-state index contributed by atoms with van der Waals surface area (Å²) >= 11 is 0. The molecule has 8 heteroatoms. The Balaban J connectivity index is 1.69. The second-order valence-corrected chi connectivity index (χ2v) is 9.43. The van der Waals surface area contributed by atoms with Crippen LogP contribution in [0.2, 0.25) is 0 Å². The molecule has 0 aliphatic heterocycles. The van der Waals surface area contributed by atoms with Crippen LogP contribution in [0.3, 0.4) is 0 Å². The molecular formula is C26H25N3O4S. The Hall–Kier alpha value is -3.91. The number of ether oxygens (including phenoxy) is 1. The summed E-state index contributed by atoms with van der Waals surface area (Å²) in [5.74, 6) is 0.837. The molecule has 0 saturated carbocycles. The maximum absolute atomic E-state index is 12.9. The third-order valence-electron chi connectivity index (χ3n) is 5.33. The molecule has 0 spiro atoms. The topological polar surface area (TPSA) is 90.3 Å². The van der Waals surface area contributed by atoms with Gasteiger partial charge in [0, 0.05) is 23.0 Å². The van der Waals surface area contributed by atoms with Gasteiger partial charge in [-0.05, 0) is 44.5 Å². The Bertz CT molecular complexity index is 1430.